The van der Waals surface area contributed by atoms with E-state index in [1.54, 1.807) is 12.4 Å². The Morgan fingerprint density at radius 1 is 1.22 bits per heavy atom. The maximum absolute atomic E-state index is 12.2. The zero-order valence-electron chi connectivity index (χ0n) is 10.5. The summed E-state index contributed by atoms with van der Waals surface area (Å²) in [7, 11) is 0. The van der Waals surface area contributed by atoms with Crippen LogP contribution in [-0.2, 0) is 4.79 Å². The molecule has 0 radical (unpaired) electrons. The minimum atomic E-state index is 0.156. The molecule has 2 rings (SSSR count). The van der Waals surface area contributed by atoms with Crippen LogP contribution >= 0.6 is 15.9 Å². The Hall–Kier alpha value is -0.900. The minimum absolute atomic E-state index is 0.156. The van der Waals surface area contributed by atoms with E-state index < -0.39 is 0 Å². The Morgan fingerprint density at radius 2 is 1.89 bits per heavy atom. The zero-order chi connectivity index (χ0) is 12.8. The van der Waals surface area contributed by atoms with Crippen molar-refractivity contribution in [2.24, 2.45) is 5.92 Å². The molecule has 1 aliphatic rings. The van der Waals surface area contributed by atoms with E-state index in [2.05, 4.69) is 26.2 Å². The van der Waals surface area contributed by atoms with Crippen molar-refractivity contribution in [2.75, 3.05) is 5.32 Å². The number of amides is 1. The smallest absolute Gasteiger partial charge is 0.227 e. The van der Waals surface area contributed by atoms with Crippen molar-refractivity contribution >= 4 is 27.5 Å². The zero-order valence-corrected chi connectivity index (χ0v) is 12.1. The van der Waals surface area contributed by atoms with Gasteiger partial charge < -0.3 is 5.32 Å². The molecule has 0 aromatic carbocycles. The molecule has 1 aromatic rings. The fourth-order valence-electron chi connectivity index (χ4n) is 2.43. The monoisotopic (exact) mass is 310 g/mol. The van der Waals surface area contributed by atoms with Crippen LogP contribution in [0.4, 0.5) is 5.69 Å². The van der Waals surface area contributed by atoms with E-state index in [1.165, 1.54) is 32.1 Å². The van der Waals surface area contributed by atoms with Crippen molar-refractivity contribution in [3.63, 3.8) is 0 Å². The molecule has 1 aromatic heterocycles. The van der Waals surface area contributed by atoms with Gasteiger partial charge in [0.1, 0.15) is 0 Å². The fourth-order valence-corrected chi connectivity index (χ4v) is 2.78. The number of pyridine rings is 1. The Morgan fingerprint density at radius 3 is 2.56 bits per heavy atom. The highest BCUT2D eigenvalue weighted by molar-refractivity contribution is 9.10. The van der Waals surface area contributed by atoms with Crippen LogP contribution in [0, 0.1) is 5.92 Å². The van der Waals surface area contributed by atoms with Gasteiger partial charge in [-0.3, -0.25) is 9.78 Å². The molecule has 3 nitrogen and oxygen atoms in total. The van der Waals surface area contributed by atoms with Gasteiger partial charge in [0.05, 0.1) is 10.2 Å². The van der Waals surface area contributed by atoms with E-state index in [-0.39, 0.29) is 11.8 Å². The Balaban J connectivity index is 1.96. The van der Waals surface area contributed by atoms with E-state index >= 15 is 0 Å². The molecule has 1 saturated carbocycles. The third-order valence-corrected chi connectivity index (χ3v) is 4.14. The highest BCUT2D eigenvalue weighted by Gasteiger charge is 2.19. The van der Waals surface area contributed by atoms with Crippen molar-refractivity contribution in [3.05, 3.63) is 22.9 Å². The number of nitrogens with zero attached hydrogens (tertiary/aromatic N) is 1. The second-order valence-corrected chi connectivity index (χ2v) is 5.74. The van der Waals surface area contributed by atoms with Crippen LogP contribution in [0.2, 0.25) is 0 Å². The van der Waals surface area contributed by atoms with Crippen LogP contribution in [0.25, 0.3) is 0 Å². The van der Waals surface area contributed by atoms with Gasteiger partial charge in [0.15, 0.2) is 0 Å². The summed E-state index contributed by atoms with van der Waals surface area (Å²) in [6, 6.07) is 1.82. The van der Waals surface area contributed by atoms with E-state index in [0.717, 1.165) is 23.0 Å². The predicted molar refractivity (Wildman–Crippen MR) is 76.4 cm³/mol. The first-order valence-corrected chi connectivity index (χ1v) is 7.47. The van der Waals surface area contributed by atoms with Gasteiger partial charge in [-0.05, 0) is 34.8 Å². The highest BCUT2D eigenvalue weighted by Crippen LogP contribution is 2.25. The fraction of sp³-hybridized carbons (Fsp3) is 0.571. The lowest BCUT2D eigenvalue weighted by molar-refractivity contribution is -0.120. The summed E-state index contributed by atoms with van der Waals surface area (Å²) < 4.78 is 0.837. The van der Waals surface area contributed by atoms with Crippen molar-refractivity contribution in [2.45, 2.75) is 44.9 Å². The van der Waals surface area contributed by atoms with Gasteiger partial charge in [-0.1, -0.05) is 32.1 Å². The molecule has 1 aliphatic carbocycles. The molecule has 0 saturated heterocycles. The molecule has 1 fully saturated rings. The topological polar surface area (TPSA) is 42.0 Å². The molecular formula is C14H19BrN2O. The number of hydrogen-bond donors (Lipinski definition) is 1. The molecule has 0 atom stereocenters. The molecule has 0 bridgehead atoms. The summed E-state index contributed by atoms with van der Waals surface area (Å²) >= 11 is 3.40. The standard InChI is InChI=1S/C14H19BrN2O/c15-12-10-16-9-8-13(12)17-14(18)11-6-4-2-1-3-5-7-11/h8-11H,1-7H2,(H,16,17,18). The van der Waals surface area contributed by atoms with E-state index in [0.29, 0.717) is 0 Å². The normalized spacial score (nSPS) is 17.8. The number of hydrogen-bond acceptors (Lipinski definition) is 2. The summed E-state index contributed by atoms with van der Waals surface area (Å²) in [5.41, 5.74) is 0.817. The summed E-state index contributed by atoms with van der Waals surface area (Å²) in [5.74, 6) is 0.328. The van der Waals surface area contributed by atoms with Gasteiger partial charge in [0, 0.05) is 18.3 Å². The third-order valence-electron chi connectivity index (χ3n) is 3.51. The van der Waals surface area contributed by atoms with Gasteiger partial charge in [-0.2, -0.15) is 0 Å². The lowest BCUT2D eigenvalue weighted by Crippen LogP contribution is -2.23. The predicted octanol–water partition coefficient (Wildman–Crippen LogP) is 4.14. The molecule has 1 amide bonds. The van der Waals surface area contributed by atoms with Crippen LogP contribution in [0.15, 0.2) is 22.9 Å². The van der Waals surface area contributed by atoms with Crippen LogP contribution in [0.3, 0.4) is 0 Å². The first-order valence-electron chi connectivity index (χ1n) is 6.68. The first-order chi connectivity index (χ1) is 8.77. The lowest BCUT2D eigenvalue weighted by Gasteiger charge is -2.19. The molecule has 0 spiro atoms. The maximum atomic E-state index is 12.2. The average Bonchev–Trinajstić information content (AvgIpc) is 2.31. The van der Waals surface area contributed by atoms with Gasteiger partial charge in [0.2, 0.25) is 5.91 Å². The Labute approximate surface area is 117 Å². The summed E-state index contributed by atoms with van der Waals surface area (Å²) in [5, 5.41) is 3.00. The Bertz CT molecular complexity index is 401. The molecule has 98 valence electrons. The number of carbonyl (C=O) groups excluding carboxylic acids is 1. The largest absolute Gasteiger partial charge is 0.325 e. The number of nitrogens with one attached hydrogen (secondary N) is 1. The van der Waals surface area contributed by atoms with Crippen LogP contribution in [-0.4, -0.2) is 10.9 Å². The van der Waals surface area contributed by atoms with E-state index in [9.17, 15) is 4.79 Å². The van der Waals surface area contributed by atoms with Gasteiger partial charge in [-0.15, -0.1) is 0 Å². The molecular weight excluding hydrogens is 292 g/mol. The number of halogens is 1. The number of carbonyl (C=O) groups is 1. The van der Waals surface area contributed by atoms with Crippen LogP contribution in [0.5, 0.6) is 0 Å². The van der Waals surface area contributed by atoms with Crippen LogP contribution in [0.1, 0.15) is 44.9 Å². The van der Waals surface area contributed by atoms with E-state index in [1.807, 2.05) is 6.07 Å². The first kappa shape index (κ1) is 13.5. The molecule has 0 aliphatic heterocycles. The van der Waals surface area contributed by atoms with Crippen molar-refractivity contribution in [1.82, 2.24) is 4.98 Å². The highest BCUT2D eigenvalue weighted by atomic mass is 79.9. The lowest BCUT2D eigenvalue weighted by atomic mass is 9.90. The number of rotatable bonds is 2. The van der Waals surface area contributed by atoms with Crippen molar-refractivity contribution in [1.29, 1.82) is 0 Å². The average molecular weight is 311 g/mol. The third kappa shape index (κ3) is 3.80. The summed E-state index contributed by atoms with van der Waals surface area (Å²) in [6.07, 6.45) is 11.6. The van der Waals surface area contributed by atoms with Gasteiger partial charge >= 0.3 is 0 Å². The van der Waals surface area contributed by atoms with E-state index in [4.69, 9.17) is 0 Å². The maximum Gasteiger partial charge on any atom is 0.227 e. The number of aromatic nitrogens is 1. The summed E-state index contributed by atoms with van der Waals surface area (Å²) in [6.45, 7) is 0. The Kier molecular flexibility index (Phi) is 5.17. The van der Waals surface area contributed by atoms with Gasteiger partial charge in [-0.25, -0.2) is 0 Å². The molecule has 1 N–H and O–H groups in total. The van der Waals surface area contributed by atoms with Gasteiger partial charge in [0.25, 0.3) is 0 Å². The minimum Gasteiger partial charge on any atom is -0.325 e. The molecule has 4 heteroatoms. The van der Waals surface area contributed by atoms with Crippen molar-refractivity contribution < 1.29 is 4.79 Å². The molecule has 1 heterocycles. The molecule has 18 heavy (non-hydrogen) atoms. The summed E-state index contributed by atoms with van der Waals surface area (Å²) in [4.78, 5) is 16.2. The second-order valence-electron chi connectivity index (χ2n) is 4.89. The molecule has 0 unspecified atom stereocenters. The number of anilines is 1. The quantitative estimate of drug-likeness (QED) is 0.892. The van der Waals surface area contributed by atoms with Crippen molar-refractivity contribution in [3.8, 4) is 0 Å². The van der Waals surface area contributed by atoms with Crippen LogP contribution < -0.4 is 5.32 Å². The second kappa shape index (κ2) is 6.88. The SMILES string of the molecule is O=C(Nc1ccncc1Br)C1CCCCCCC1.